The smallest absolute Gasteiger partial charge is 0.237 e. The van der Waals surface area contributed by atoms with Gasteiger partial charge in [-0.1, -0.05) is 0 Å². The highest BCUT2D eigenvalue weighted by Gasteiger charge is 2.31. The van der Waals surface area contributed by atoms with E-state index >= 15 is 0 Å². The average Bonchev–Trinajstić information content (AvgIpc) is 2.32. The highest BCUT2D eigenvalue weighted by Crippen LogP contribution is 2.16. The first-order valence-corrected chi connectivity index (χ1v) is 6.73. The fourth-order valence-electron chi connectivity index (χ4n) is 2.45. The predicted molar refractivity (Wildman–Crippen MR) is 74.4 cm³/mol. The van der Waals surface area contributed by atoms with Gasteiger partial charge in [0.25, 0.3) is 0 Å². The van der Waals surface area contributed by atoms with E-state index in [4.69, 9.17) is 5.73 Å². The molecule has 3 atom stereocenters. The molecule has 18 heavy (non-hydrogen) atoms. The number of nitrogens with one attached hydrogen (secondary N) is 1. The van der Waals surface area contributed by atoms with Crippen LogP contribution in [0, 0.1) is 0 Å². The van der Waals surface area contributed by atoms with Crippen LogP contribution in [-0.2, 0) is 4.79 Å². The van der Waals surface area contributed by atoms with Gasteiger partial charge in [0.05, 0.1) is 5.54 Å². The van der Waals surface area contributed by atoms with Crippen molar-refractivity contribution in [3.8, 4) is 0 Å². The van der Waals surface area contributed by atoms with Crippen LogP contribution in [0.25, 0.3) is 0 Å². The van der Waals surface area contributed by atoms with Crippen LogP contribution in [0.15, 0.2) is 0 Å². The van der Waals surface area contributed by atoms with Gasteiger partial charge in [-0.25, -0.2) is 0 Å². The molecule has 1 heterocycles. The van der Waals surface area contributed by atoms with E-state index in [2.05, 4.69) is 36.0 Å². The number of nitrogens with two attached hydrogens (primary N) is 1. The molecule has 1 aliphatic rings. The highest BCUT2D eigenvalue weighted by molar-refractivity contribution is 5.84. The Morgan fingerprint density at radius 2 is 1.89 bits per heavy atom. The number of primary amides is 1. The zero-order valence-electron chi connectivity index (χ0n) is 12.4. The van der Waals surface area contributed by atoms with E-state index in [1.54, 1.807) is 7.05 Å². The molecule has 1 amide bonds. The van der Waals surface area contributed by atoms with Crippen molar-refractivity contribution in [2.45, 2.75) is 44.8 Å². The van der Waals surface area contributed by atoms with Gasteiger partial charge < -0.3 is 16.0 Å². The normalized spacial score (nSPS) is 30.1. The van der Waals surface area contributed by atoms with Crippen LogP contribution in [-0.4, -0.2) is 67.1 Å². The van der Waals surface area contributed by atoms with Gasteiger partial charge in [-0.3, -0.25) is 9.69 Å². The summed E-state index contributed by atoms with van der Waals surface area (Å²) in [4.78, 5) is 16.3. The molecule has 0 saturated carbocycles. The van der Waals surface area contributed by atoms with Gasteiger partial charge in [0, 0.05) is 31.7 Å². The van der Waals surface area contributed by atoms with E-state index in [9.17, 15) is 4.79 Å². The van der Waals surface area contributed by atoms with Crippen molar-refractivity contribution in [3.63, 3.8) is 0 Å². The molecule has 0 spiro atoms. The number of hydrogen-bond donors (Lipinski definition) is 2. The lowest BCUT2D eigenvalue weighted by Gasteiger charge is -2.43. The van der Waals surface area contributed by atoms with Gasteiger partial charge in [-0.2, -0.15) is 0 Å². The maximum absolute atomic E-state index is 11.4. The van der Waals surface area contributed by atoms with Gasteiger partial charge >= 0.3 is 0 Å². The van der Waals surface area contributed by atoms with E-state index in [0.717, 1.165) is 26.1 Å². The number of nitrogens with zero attached hydrogens (tertiary/aromatic N) is 2. The molecule has 3 unspecified atom stereocenters. The van der Waals surface area contributed by atoms with Crippen molar-refractivity contribution in [2.75, 3.05) is 33.7 Å². The van der Waals surface area contributed by atoms with Crippen molar-refractivity contribution in [1.29, 1.82) is 0 Å². The van der Waals surface area contributed by atoms with Crippen LogP contribution in [0.4, 0.5) is 0 Å². The molecule has 1 aliphatic heterocycles. The van der Waals surface area contributed by atoms with Gasteiger partial charge in [-0.15, -0.1) is 0 Å². The standard InChI is InChI=1S/C13H28N4O/c1-10-8-17(9-11(2)16(10)5)7-6-13(3,15-4)12(14)18/h10-11,15H,6-9H2,1-5H3,(H2,14,18). The number of piperazine rings is 1. The van der Waals surface area contributed by atoms with E-state index in [0.29, 0.717) is 12.1 Å². The first-order valence-electron chi connectivity index (χ1n) is 6.73. The van der Waals surface area contributed by atoms with Crippen LogP contribution in [0.2, 0.25) is 0 Å². The summed E-state index contributed by atoms with van der Waals surface area (Å²) in [6.45, 7) is 9.38. The number of likely N-dealkylation sites (N-methyl/N-ethyl adjacent to an activating group) is 2. The first kappa shape index (κ1) is 15.4. The maximum atomic E-state index is 11.4. The Morgan fingerprint density at radius 1 is 1.39 bits per heavy atom. The Balaban J connectivity index is 2.51. The number of carbonyl (C=O) groups is 1. The Labute approximate surface area is 111 Å². The second-order valence-electron chi connectivity index (χ2n) is 5.82. The lowest BCUT2D eigenvalue weighted by molar-refractivity contribution is -0.124. The Bertz CT molecular complexity index is 285. The SMILES string of the molecule is CNC(C)(CCN1CC(C)N(C)C(C)C1)C(N)=O. The number of amides is 1. The van der Waals surface area contributed by atoms with Crippen LogP contribution >= 0.6 is 0 Å². The third-order valence-corrected chi connectivity index (χ3v) is 4.46. The average molecular weight is 256 g/mol. The topological polar surface area (TPSA) is 61.6 Å². The van der Waals surface area contributed by atoms with Gasteiger partial charge in [0.2, 0.25) is 5.91 Å². The predicted octanol–water partition coefficient (Wildman–Crippen LogP) is -0.136. The molecule has 5 nitrogen and oxygen atoms in total. The summed E-state index contributed by atoms with van der Waals surface area (Å²) in [6, 6.07) is 1.12. The minimum absolute atomic E-state index is 0.278. The molecule has 0 aromatic rings. The summed E-state index contributed by atoms with van der Waals surface area (Å²) in [5.41, 5.74) is 4.84. The quantitative estimate of drug-likeness (QED) is 0.719. The molecule has 0 radical (unpaired) electrons. The molecule has 0 aromatic carbocycles. The van der Waals surface area contributed by atoms with E-state index in [1.165, 1.54) is 0 Å². The largest absolute Gasteiger partial charge is 0.368 e. The Kier molecular flexibility index (Phi) is 5.13. The molecule has 3 N–H and O–H groups in total. The third kappa shape index (κ3) is 3.43. The molecular weight excluding hydrogens is 228 g/mol. The van der Waals surface area contributed by atoms with E-state index in [-0.39, 0.29) is 5.91 Å². The molecule has 1 rings (SSSR count). The van der Waals surface area contributed by atoms with Crippen LogP contribution in [0.5, 0.6) is 0 Å². The second kappa shape index (κ2) is 5.99. The molecule has 5 heteroatoms. The number of carbonyl (C=O) groups excluding carboxylic acids is 1. The fraction of sp³-hybridized carbons (Fsp3) is 0.923. The second-order valence-corrected chi connectivity index (χ2v) is 5.82. The third-order valence-electron chi connectivity index (χ3n) is 4.46. The first-order chi connectivity index (χ1) is 8.30. The highest BCUT2D eigenvalue weighted by atomic mass is 16.1. The number of rotatable bonds is 5. The van der Waals surface area contributed by atoms with Crippen LogP contribution < -0.4 is 11.1 Å². The van der Waals surface area contributed by atoms with Gasteiger partial charge in [0.1, 0.15) is 0 Å². The van der Waals surface area contributed by atoms with Gasteiger partial charge in [0.15, 0.2) is 0 Å². The monoisotopic (exact) mass is 256 g/mol. The van der Waals surface area contributed by atoms with Crippen molar-refractivity contribution < 1.29 is 4.79 Å². The molecular formula is C13H28N4O. The fourth-order valence-corrected chi connectivity index (χ4v) is 2.45. The number of hydrogen-bond acceptors (Lipinski definition) is 4. The van der Waals surface area contributed by atoms with E-state index < -0.39 is 5.54 Å². The van der Waals surface area contributed by atoms with Crippen LogP contribution in [0.1, 0.15) is 27.2 Å². The zero-order chi connectivity index (χ0) is 13.9. The van der Waals surface area contributed by atoms with Crippen LogP contribution in [0.3, 0.4) is 0 Å². The molecule has 1 fully saturated rings. The summed E-state index contributed by atoms with van der Waals surface area (Å²) in [6.07, 6.45) is 0.752. The van der Waals surface area contributed by atoms with Crippen molar-refractivity contribution >= 4 is 5.91 Å². The summed E-state index contributed by atoms with van der Waals surface area (Å²) < 4.78 is 0. The zero-order valence-corrected chi connectivity index (χ0v) is 12.4. The Hall–Kier alpha value is -0.650. The van der Waals surface area contributed by atoms with Crippen molar-refractivity contribution in [3.05, 3.63) is 0 Å². The maximum Gasteiger partial charge on any atom is 0.237 e. The molecule has 106 valence electrons. The molecule has 0 bridgehead atoms. The lowest BCUT2D eigenvalue weighted by atomic mass is 9.96. The molecule has 0 aliphatic carbocycles. The Morgan fingerprint density at radius 3 is 2.28 bits per heavy atom. The van der Waals surface area contributed by atoms with E-state index in [1.807, 2.05) is 6.92 Å². The molecule has 0 aromatic heterocycles. The minimum Gasteiger partial charge on any atom is -0.368 e. The lowest BCUT2D eigenvalue weighted by Crippen LogP contribution is -2.57. The van der Waals surface area contributed by atoms with Gasteiger partial charge in [-0.05, 0) is 41.3 Å². The summed E-state index contributed by atoms with van der Waals surface area (Å²) in [5, 5.41) is 3.04. The van der Waals surface area contributed by atoms with Crippen molar-refractivity contribution in [1.82, 2.24) is 15.1 Å². The summed E-state index contributed by atoms with van der Waals surface area (Å²) >= 11 is 0. The molecule has 1 saturated heterocycles. The summed E-state index contributed by atoms with van der Waals surface area (Å²) in [7, 11) is 3.97. The van der Waals surface area contributed by atoms with Crippen molar-refractivity contribution in [2.24, 2.45) is 5.73 Å². The summed E-state index contributed by atoms with van der Waals surface area (Å²) in [5.74, 6) is -0.278. The minimum atomic E-state index is -0.601.